The number of likely N-dealkylation sites (N-methyl/N-ethyl adjacent to an activating group) is 1. The van der Waals surface area contributed by atoms with Crippen LogP contribution in [0.4, 0.5) is 10.6 Å². The summed E-state index contributed by atoms with van der Waals surface area (Å²) < 4.78 is 0. The molecule has 2 saturated heterocycles. The summed E-state index contributed by atoms with van der Waals surface area (Å²) in [6.07, 6.45) is 4.21. The summed E-state index contributed by atoms with van der Waals surface area (Å²) in [7, 11) is 2.19. The molecule has 1 N–H and O–H groups in total. The summed E-state index contributed by atoms with van der Waals surface area (Å²) >= 11 is 0. The van der Waals surface area contributed by atoms with Crippen molar-refractivity contribution in [3.8, 4) is 0 Å². The molecular formula is C16H26N6O. The highest BCUT2D eigenvalue weighted by molar-refractivity contribution is 5.88. The van der Waals surface area contributed by atoms with Crippen LogP contribution in [0, 0.1) is 6.92 Å². The summed E-state index contributed by atoms with van der Waals surface area (Å²) in [5.41, 5.74) is 0. The van der Waals surface area contributed by atoms with Gasteiger partial charge in [-0.15, -0.1) is 0 Å². The van der Waals surface area contributed by atoms with Gasteiger partial charge in [-0.2, -0.15) is 0 Å². The third-order valence-electron chi connectivity index (χ3n) is 4.73. The van der Waals surface area contributed by atoms with E-state index in [0.29, 0.717) is 17.7 Å². The van der Waals surface area contributed by atoms with Crippen molar-refractivity contribution in [3.63, 3.8) is 0 Å². The summed E-state index contributed by atoms with van der Waals surface area (Å²) in [6.45, 7) is 7.62. The number of anilines is 1. The molecular weight excluding hydrogens is 292 g/mol. The minimum atomic E-state index is -0.0662. The normalized spacial score (nSPS) is 23.7. The Hall–Kier alpha value is -1.73. The van der Waals surface area contributed by atoms with Gasteiger partial charge in [-0.1, -0.05) is 0 Å². The molecule has 3 rings (SSSR count). The van der Waals surface area contributed by atoms with E-state index >= 15 is 0 Å². The van der Waals surface area contributed by atoms with Crippen LogP contribution in [-0.4, -0.2) is 83.1 Å². The van der Waals surface area contributed by atoms with Crippen molar-refractivity contribution in [2.24, 2.45) is 0 Å². The molecule has 2 amide bonds. The van der Waals surface area contributed by atoms with E-state index in [-0.39, 0.29) is 6.03 Å². The maximum Gasteiger partial charge on any atom is 0.323 e. The topological polar surface area (TPSA) is 64.6 Å². The highest BCUT2D eigenvalue weighted by Gasteiger charge is 2.28. The first-order valence-corrected chi connectivity index (χ1v) is 8.40. The van der Waals surface area contributed by atoms with Crippen LogP contribution in [-0.2, 0) is 0 Å². The summed E-state index contributed by atoms with van der Waals surface area (Å²) in [4.78, 5) is 27.4. The van der Waals surface area contributed by atoms with Crippen molar-refractivity contribution in [1.82, 2.24) is 24.7 Å². The van der Waals surface area contributed by atoms with Gasteiger partial charge in [-0.05, 0) is 39.4 Å². The van der Waals surface area contributed by atoms with Gasteiger partial charge in [-0.3, -0.25) is 10.2 Å². The van der Waals surface area contributed by atoms with Crippen LogP contribution in [0.5, 0.6) is 0 Å². The standard InChI is InChI=1S/C16H26N6O/c1-13-17-6-5-15(18-13)19-16(23)22-10-8-21(9-11-22)14-4-3-7-20(2)12-14/h5-6,14H,3-4,7-12H2,1-2H3,(H,17,18,19,23). The second-order valence-electron chi connectivity index (χ2n) is 6.50. The largest absolute Gasteiger partial charge is 0.323 e. The fraction of sp³-hybridized carbons (Fsp3) is 0.688. The quantitative estimate of drug-likeness (QED) is 0.882. The number of aromatic nitrogens is 2. The molecule has 0 radical (unpaired) electrons. The van der Waals surface area contributed by atoms with Crippen molar-refractivity contribution >= 4 is 11.8 Å². The third kappa shape index (κ3) is 4.17. The van der Waals surface area contributed by atoms with E-state index in [4.69, 9.17) is 0 Å². The van der Waals surface area contributed by atoms with E-state index in [1.807, 2.05) is 11.8 Å². The molecule has 2 aliphatic rings. The summed E-state index contributed by atoms with van der Waals surface area (Å²) in [5.74, 6) is 1.23. The first kappa shape index (κ1) is 16.1. The lowest BCUT2D eigenvalue weighted by Crippen LogP contribution is -2.56. The van der Waals surface area contributed by atoms with Gasteiger partial charge in [0.2, 0.25) is 0 Å². The van der Waals surface area contributed by atoms with Gasteiger partial charge < -0.3 is 9.80 Å². The predicted molar refractivity (Wildman–Crippen MR) is 89.5 cm³/mol. The molecule has 2 fully saturated rings. The van der Waals surface area contributed by atoms with Crippen molar-refractivity contribution in [2.75, 3.05) is 51.6 Å². The zero-order chi connectivity index (χ0) is 16.2. The Labute approximate surface area is 137 Å². The monoisotopic (exact) mass is 318 g/mol. The molecule has 0 saturated carbocycles. The number of aryl methyl sites for hydroxylation is 1. The minimum absolute atomic E-state index is 0.0662. The lowest BCUT2D eigenvalue weighted by molar-refractivity contribution is 0.0717. The molecule has 0 aromatic carbocycles. The molecule has 1 atom stereocenters. The number of nitrogens with one attached hydrogen (secondary N) is 1. The molecule has 1 aromatic heterocycles. The van der Waals surface area contributed by atoms with E-state index < -0.39 is 0 Å². The van der Waals surface area contributed by atoms with E-state index in [9.17, 15) is 4.79 Å². The fourth-order valence-electron chi connectivity index (χ4n) is 3.44. The highest BCUT2D eigenvalue weighted by Crippen LogP contribution is 2.17. The van der Waals surface area contributed by atoms with Crippen molar-refractivity contribution in [2.45, 2.75) is 25.8 Å². The number of hydrogen-bond donors (Lipinski definition) is 1. The zero-order valence-electron chi connectivity index (χ0n) is 14.0. The lowest BCUT2D eigenvalue weighted by atomic mass is 10.0. The number of urea groups is 1. The highest BCUT2D eigenvalue weighted by atomic mass is 16.2. The molecule has 0 bridgehead atoms. The van der Waals surface area contributed by atoms with Gasteiger partial charge >= 0.3 is 6.03 Å². The van der Waals surface area contributed by atoms with E-state index in [2.05, 4.69) is 32.1 Å². The number of carbonyl (C=O) groups is 1. The van der Waals surface area contributed by atoms with Gasteiger partial charge in [0, 0.05) is 45.0 Å². The zero-order valence-corrected chi connectivity index (χ0v) is 14.0. The number of amides is 2. The average Bonchev–Trinajstić information content (AvgIpc) is 2.55. The van der Waals surface area contributed by atoms with E-state index in [1.54, 1.807) is 12.3 Å². The van der Waals surface area contributed by atoms with Crippen molar-refractivity contribution in [1.29, 1.82) is 0 Å². The van der Waals surface area contributed by atoms with E-state index in [1.165, 1.54) is 19.4 Å². The molecule has 7 heteroatoms. The van der Waals surface area contributed by atoms with Gasteiger partial charge in [0.1, 0.15) is 11.6 Å². The van der Waals surface area contributed by atoms with E-state index in [0.717, 1.165) is 32.7 Å². The fourth-order valence-corrected chi connectivity index (χ4v) is 3.44. The van der Waals surface area contributed by atoms with Crippen LogP contribution in [0.2, 0.25) is 0 Å². The molecule has 7 nitrogen and oxygen atoms in total. The van der Waals surface area contributed by atoms with Gasteiger partial charge in [0.25, 0.3) is 0 Å². The van der Waals surface area contributed by atoms with Crippen LogP contribution in [0.15, 0.2) is 12.3 Å². The Morgan fingerprint density at radius 3 is 2.74 bits per heavy atom. The van der Waals surface area contributed by atoms with Gasteiger partial charge in [0.15, 0.2) is 0 Å². The second-order valence-corrected chi connectivity index (χ2v) is 6.50. The number of piperazine rings is 1. The number of likely N-dealkylation sites (tertiary alicyclic amines) is 1. The number of carbonyl (C=O) groups excluding carboxylic acids is 1. The smallest absolute Gasteiger partial charge is 0.322 e. The maximum atomic E-state index is 12.3. The molecule has 1 unspecified atom stereocenters. The first-order chi connectivity index (χ1) is 11.1. The number of piperidine rings is 1. The van der Waals surface area contributed by atoms with Gasteiger partial charge in [0.05, 0.1) is 0 Å². The average molecular weight is 318 g/mol. The van der Waals surface area contributed by atoms with Crippen LogP contribution < -0.4 is 5.32 Å². The second kappa shape index (κ2) is 7.23. The molecule has 126 valence electrons. The molecule has 2 aliphatic heterocycles. The van der Waals surface area contributed by atoms with Crippen LogP contribution in [0.3, 0.4) is 0 Å². The molecule has 0 spiro atoms. The molecule has 0 aliphatic carbocycles. The Kier molecular flexibility index (Phi) is 5.07. The van der Waals surface area contributed by atoms with Crippen LogP contribution >= 0.6 is 0 Å². The Morgan fingerprint density at radius 2 is 2.04 bits per heavy atom. The Morgan fingerprint density at radius 1 is 1.26 bits per heavy atom. The van der Waals surface area contributed by atoms with Crippen molar-refractivity contribution in [3.05, 3.63) is 18.1 Å². The third-order valence-corrected chi connectivity index (χ3v) is 4.73. The molecule has 23 heavy (non-hydrogen) atoms. The first-order valence-electron chi connectivity index (χ1n) is 8.40. The van der Waals surface area contributed by atoms with Gasteiger partial charge in [-0.25, -0.2) is 14.8 Å². The Balaban J connectivity index is 1.49. The molecule has 1 aromatic rings. The lowest BCUT2D eigenvalue weighted by Gasteiger charge is -2.42. The minimum Gasteiger partial charge on any atom is -0.322 e. The number of rotatable bonds is 2. The van der Waals surface area contributed by atoms with Crippen LogP contribution in [0.1, 0.15) is 18.7 Å². The SMILES string of the molecule is Cc1nccc(NC(=O)N2CCN(C3CCCN(C)C3)CC2)n1. The summed E-state index contributed by atoms with van der Waals surface area (Å²) in [6, 6.07) is 2.30. The predicted octanol–water partition coefficient (Wildman–Crippen LogP) is 1.03. The van der Waals surface area contributed by atoms with Crippen molar-refractivity contribution < 1.29 is 4.79 Å². The number of hydrogen-bond acceptors (Lipinski definition) is 5. The molecule has 3 heterocycles. The number of nitrogens with zero attached hydrogens (tertiary/aromatic N) is 5. The van der Waals surface area contributed by atoms with Crippen LogP contribution in [0.25, 0.3) is 0 Å². The Bertz CT molecular complexity index is 543. The summed E-state index contributed by atoms with van der Waals surface area (Å²) in [5, 5.41) is 2.86. The maximum absolute atomic E-state index is 12.3.